The van der Waals surface area contributed by atoms with Crippen molar-refractivity contribution in [1.29, 1.82) is 0 Å². The van der Waals surface area contributed by atoms with Crippen molar-refractivity contribution < 1.29 is 9.53 Å². The first-order valence-electron chi connectivity index (χ1n) is 13.7. The molecule has 0 aromatic carbocycles. The van der Waals surface area contributed by atoms with E-state index in [1.54, 1.807) is 0 Å². The predicted octanol–water partition coefficient (Wildman–Crippen LogP) is 3.80. The molecular weight excluding hydrogens is 464 g/mol. The number of piperidine rings is 1. The van der Waals surface area contributed by atoms with Crippen molar-refractivity contribution in [3.8, 4) is 11.3 Å². The molecule has 0 N–H and O–H groups in total. The van der Waals surface area contributed by atoms with Crippen LogP contribution in [0.4, 0.5) is 5.69 Å². The quantitative estimate of drug-likeness (QED) is 0.511. The monoisotopic (exact) mass is 502 g/mol. The molecule has 1 amide bonds. The van der Waals surface area contributed by atoms with Gasteiger partial charge in [-0.3, -0.25) is 9.78 Å². The smallest absolute Gasteiger partial charge is 0.225 e. The molecule has 0 atom stereocenters. The number of anilines is 1. The summed E-state index contributed by atoms with van der Waals surface area (Å²) in [5, 5.41) is 4.57. The highest BCUT2D eigenvalue weighted by atomic mass is 16.5. The molecule has 0 unspecified atom stereocenters. The number of carbonyl (C=O) groups is 1. The van der Waals surface area contributed by atoms with Crippen molar-refractivity contribution >= 4 is 17.1 Å². The van der Waals surface area contributed by atoms with E-state index in [-0.39, 0.29) is 11.5 Å². The highest BCUT2D eigenvalue weighted by Crippen LogP contribution is 2.37. The van der Waals surface area contributed by atoms with Crippen molar-refractivity contribution in [2.75, 3.05) is 51.3 Å². The van der Waals surface area contributed by atoms with Gasteiger partial charge < -0.3 is 19.4 Å². The summed E-state index contributed by atoms with van der Waals surface area (Å²) in [7, 11) is 1.83. The van der Waals surface area contributed by atoms with E-state index in [1.807, 2.05) is 28.9 Å². The van der Waals surface area contributed by atoms with Gasteiger partial charge in [-0.1, -0.05) is 6.07 Å². The van der Waals surface area contributed by atoms with E-state index < -0.39 is 0 Å². The standard InChI is InChI=1S/C29H38N6O2/c1-21(2)32-12-9-29(37-3,10-13-32)24-6-7-25(30-19-24)23-18-27-26(8-11-31-35(27)20-23)33-14-16-34(17-15-33)28(36)22-4-5-22/h6-8,11,18-22H,4-5,9-10,12-17H2,1-3H3. The van der Waals surface area contributed by atoms with Crippen molar-refractivity contribution in [2.45, 2.75) is 51.2 Å². The summed E-state index contributed by atoms with van der Waals surface area (Å²) in [6.45, 7) is 9.86. The molecule has 0 spiro atoms. The molecule has 2 aliphatic heterocycles. The number of likely N-dealkylation sites (tertiary alicyclic amines) is 1. The van der Waals surface area contributed by atoms with Gasteiger partial charge in [0.1, 0.15) is 0 Å². The summed E-state index contributed by atoms with van der Waals surface area (Å²) in [5.74, 6) is 0.637. The highest BCUT2D eigenvalue weighted by molar-refractivity contribution is 5.82. The molecular formula is C29H38N6O2. The first-order valence-corrected chi connectivity index (χ1v) is 13.7. The van der Waals surface area contributed by atoms with Crippen LogP contribution in [0.1, 0.15) is 45.1 Å². The van der Waals surface area contributed by atoms with Crippen molar-refractivity contribution in [3.05, 3.63) is 48.4 Å². The number of rotatable bonds is 6. The second-order valence-electron chi connectivity index (χ2n) is 11.1. The molecule has 0 bridgehead atoms. The van der Waals surface area contributed by atoms with Crippen LogP contribution < -0.4 is 4.90 Å². The number of amides is 1. The van der Waals surface area contributed by atoms with Crippen LogP contribution in [0.2, 0.25) is 0 Å². The summed E-state index contributed by atoms with van der Waals surface area (Å²) in [4.78, 5) is 24.3. The zero-order chi connectivity index (χ0) is 25.6. The number of fused-ring (bicyclic) bond motifs is 1. The average Bonchev–Trinajstić information content (AvgIpc) is 3.70. The molecule has 5 heterocycles. The Morgan fingerprint density at radius 1 is 1.05 bits per heavy atom. The first-order chi connectivity index (χ1) is 18.0. The lowest BCUT2D eigenvalue weighted by atomic mass is 9.84. The lowest BCUT2D eigenvalue weighted by Gasteiger charge is -2.42. The molecule has 3 aromatic rings. The molecule has 3 aliphatic rings. The molecule has 2 saturated heterocycles. The summed E-state index contributed by atoms with van der Waals surface area (Å²) in [6, 6.07) is 9.12. The number of hydrogen-bond acceptors (Lipinski definition) is 6. The zero-order valence-corrected chi connectivity index (χ0v) is 22.3. The number of nitrogens with zero attached hydrogens (tertiary/aromatic N) is 6. The Hall–Kier alpha value is -2.97. The van der Waals surface area contributed by atoms with Gasteiger partial charge in [-0.25, -0.2) is 4.52 Å². The maximum absolute atomic E-state index is 12.5. The molecule has 8 heteroatoms. The van der Waals surface area contributed by atoms with Crippen molar-refractivity contribution in [2.24, 2.45) is 5.92 Å². The van der Waals surface area contributed by atoms with Crippen LogP contribution >= 0.6 is 0 Å². The molecule has 8 nitrogen and oxygen atoms in total. The number of hydrogen-bond donors (Lipinski definition) is 0. The van der Waals surface area contributed by atoms with E-state index in [1.165, 1.54) is 0 Å². The number of aromatic nitrogens is 3. The Balaban J connectivity index is 1.19. The molecule has 6 rings (SSSR count). The van der Waals surface area contributed by atoms with Crippen LogP contribution in [0.3, 0.4) is 0 Å². The Bertz CT molecular complexity index is 1250. The van der Waals surface area contributed by atoms with E-state index >= 15 is 0 Å². The van der Waals surface area contributed by atoms with Gasteiger partial charge in [0.2, 0.25) is 5.91 Å². The molecule has 3 aromatic heterocycles. The summed E-state index contributed by atoms with van der Waals surface area (Å²) in [6.07, 6.45) is 10.00. The second-order valence-corrected chi connectivity index (χ2v) is 11.1. The van der Waals surface area contributed by atoms with Gasteiger partial charge in [0, 0.05) is 88.1 Å². The minimum atomic E-state index is -0.264. The third-order valence-corrected chi connectivity index (χ3v) is 8.66. The van der Waals surface area contributed by atoms with Crippen LogP contribution in [-0.4, -0.2) is 82.7 Å². The minimum Gasteiger partial charge on any atom is -0.373 e. The van der Waals surface area contributed by atoms with Crippen LogP contribution in [0.15, 0.2) is 42.9 Å². The van der Waals surface area contributed by atoms with Gasteiger partial charge in [0.25, 0.3) is 0 Å². The fourth-order valence-electron chi connectivity index (χ4n) is 6.01. The molecule has 3 fully saturated rings. The Labute approximate surface area is 219 Å². The molecule has 1 aliphatic carbocycles. The van der Waals surface area contributed by atoms with Gasteiger partial charge in [-0.2, -0.15) is 5.10 Å². The predicted molar refractivity (Wildman–Crippen MR) is 145 cm³/mol. The van der Waals surface area contributed by atoms with Crippen LogP contribution in [0.25, 0.3) is 16.8 Å². The van der Waals surface area contributed by atoms with Crippen molar-refractivity contribution in [3.63, 3.8) is 0 Å². The van der Waals surface area contributed by atoms with E-state index in [4.69, 9.17) is 9.72 Å². The molecule has 0 radical (unpaired) electrons. The van der Waals surface area contributed by atoms with Crippen LogP contribution in [-0.2, 0) is 15.1 Å². The molecule has 37 heavy (non-hydrogen) atoms. The minimum absolute atomic E-state index is 0.264. The maximum Gasteiger partial charge on any atom is 0.225 e. The third kappa shape index (κ3) is 4.61. The Kier molecular flexibility index (Phi) is 6.41. The van der Waals surface area contributed by atoms with Gasteiger partial charge in [0.05, 0.1) is 22.5 Å². The van der Waals surface area contributed by atoms with Gasteiger partial charge >= 0.3 is 0 Å². The Morgan fingerprint density at radius 2 is 1.81 bits per heavy atom. The maximum atomic E-state index is 12.5. The number of carbonyl (C=O) groups excluding carboxylic acids is 1. The molecule has 1 saturated carbocycles. The lowest BCUT2D eigenvalue weighted by Crippen LogP contribution is -2.49. The fourth-order valence-corrected chi connectivity index (χ4v) is 6.01. The largest absolute Gasteiger partial charge is 0.373 e. The first kappa shape index (κ1) is 24.4. The van der Waals surface area contributed by atoms with Crippen LogP contribution in [0, 0.1) is 5.92 Å². The summed E-state index contributed by atoms with van der Waals surface area (Å²) in [5.41, 5.74) is 5.11. The SMILES string of the molecule is COC1(c2ccc(-c3cc4c(N5CCN(C(=O)C6CC6)CC5)ccnn4c3)nc2)CCN(C(C)C)CC1. The average molecular weight is 503 g/mol. The van der Waals surface area contributed by atoms with E-state index in [2.05, 4.69) is 59.2 Å². The topological polar surface area (TPSA) is 66.2 Å². The molecule has 196 valence electrons. The third-order valence-electron chi connectivity index (χ3n) is 8.66. The Morgan fingerprint density at radius 3 is 2.43 bits per heavy atom. The van der Waals surface area contributed by atoms with E-state index in [0.717, 1.165) is 93.0 Å². The second kappa shape index (κ2) is 9.72. The summed E-state index contributed by atoms with van der Waals surface area (Å²) < 4.78 is 8.04. The van der Waals surface area contributed by atoms with Gasteiger partial charge in [-0.15, -0.1) is 0 Å². The highest BCUT2D eigenvalue weighted by Gasteiger charge is 2.37. The van der Waals surface area contributed by atoms with E-state index in [9.17, 15) is 4.79 Å². The van der Waals surface area contributed by atoms with Gasteiger partial charge in [0.15, 0.2) is 0 Å². The fraction of sp³-hybridized carbons (Fsp3) is 0.552. The van der Waals surface area contributed by atoms with Crippen molar-refractivity contribution in [1.82, 2.24) is 24.4 Å². The number of pyridine rings is 1. The zero-order valence-electron chi connectivity index (χ0n) is 22.3. The normalized spacial score (nSPS) is 20.6. The van der Waals surface area contributed by atoms with Gasteiger partial charge in [-0.05, 0) is 57.7 Å². The van der Waals surface area contributed by atoms with Crippen LogP contribution in [0.5, 0.6) is 0 Å². The number of ether oxygens (including phenoxy) is 1. The summed E-state index contributed by atoms with van der Waals surface area (Å²) >= 11 is 0. The van der Waals surface area contributed by atoms with E-state index in [0.29, 0.717) is 11.9 Å². The lowest BCUT2D eigenvalue weighted by molar-refractivity contribution is -0.132. The number of methoxy groups -OCH3 is 1. The number of piperazine rings is 1.